The molecule has 0 unspecified atom stereocenters. The second-order valence-electron chi connectivity index (χ2n) is 4.07. The number of para-hydroxylation sites is 1. The maximum atomic E-state index is 13.6. The molecule has 1 aromatic carbocycles. The molecule has 3 rings (SSSR count). The number of fused-ring (bicyclic) bond motifs is 1. The normalized spacial score (nSPS) is 11.0. The van der Waals surface area contributed by atoms with Gasteiger partial charge in [0.25, 0.3) is 0 Å². The summed E-state index contributed by atoms with van der Waals surface area (Å²) in [6.07, 6.45) is 1.44. The van der Waals surface area contributed by atoms with E-state index >= 15 is 0 Å². The van der Waals surface area contributed by atoms with Crippen molar-refractivity contribution in [1.82, 2.24) is 19.7 Å². The van der Waals surface area contributed by atoms with Gasteiger partial charge in [0.05, 0.1) is 5.39 Å². The van der Waals surface area contributed by atoms with Gasteiger partial charge in [0.15, 0.2) is 11.5 Å². The second kappa shape index (κ2) is 4.68. The van der Waals surface area contributed by atoms with Crippen LogP contribution in [0.4, 0.5) is 20.3 Å². The molecule has 0 radical (unpaired) electrons. The highest BCUT2D eigenvalue weighted by atomic mass is 35.5. The van der Waals surface area contributed by atoms with Gasteiger partial charge < -0.3 is 5.32 Å². The van der Waals surface area contributed by atoms with Crippen molar-refractivity contribution in [3.63, 3.8) is 0 Å². The predicted octanol–water partition coefficient (Wildman–Crippen LogP) is 3.04. The number of hydrogen-bond donors (Lipinski definition) is 1. The van der Waals surface area contributed by atoms with Gasteiger partial charge in [-0.1, -0.05) is 6.07 Å². The van der Waals surface area contributed by atoms with Crippen LogP contribution in [-0.4, -0.2) is 19.7 Å². The van der Waals surface area contributed by atoms with Crippen molar-refractivity contribution in [2.45, 2.75) is 0 Å². The number of nitrogens with one attached hydrogen (secondary N) is 1. The Morgan fingerprint density at radius 2 is 1.95 bits per heavy atom. The van der Waals surface area contributed by atoms with Crippen LogP contribution in [0.5, 0.6) is 0 Å². The maximum Gasteiger partial charge on any atom is 0.224 e. The van der Waals surface area contributed by atoms with Crippen molar-refractivity contribution in [2.24, 2.45) is 7.05 Å². The summed E-state index contributed by atoms with van der Waals surface area (Å²) < 4.78 is 28.7. The van der Waals surface area contributed by atoms with Crippen molar-refractivity contribution < 1.29 is 8.78 Å². The van der Waals surface area contributed by atoms with E-state index in [1.54, 1.807) is 7.05 Å². The molecule has 0 saturated carbocycles. The molecule has 0 atom stereocenters. The van der Waals surface area contributed by atoms with Gasteiger partial charge in [0, 0.05) is 13.2 Å². The molecule has 0 aliphatic heterocycles. The van der Waals surface area contributed by atoms with Crippen LogP contribution in [-0.2, 0) is 7.05 Å². The number of aromatic nitrogens is 4. The van der Waals surface area contributed by atoms with E-state index in [0.29, 0.717) is 11.0 Å². The average Bonchev–Trinajstić information content (AvgIpc) is 2.70. The minimum Gasteiger partial charge on any atom is -0.333 e. The number of hydrogen-bond acceptors (Lipinski definition) is 4. The molecule has 0 aliphatic rings. The monoisotopic (exact) mass is 295 g/mol. The molecule has 0 saturated heterocycles. The SMILES string of the molecule is Cn1nc(Nc2c(F)cccc2F)c2cnc(Cl)nc21. The molecule has 8 heteroatoms. The first-order chi connectivity index (χ1) is 9.56. The fourth-order valence-corrected chi connectivity index (χ4v) is 1.97. The van der Waals surface area contributed by atoms with Crippen LogP contribution in [0.1, 0.15) is 0 Å². The first-order valence-electron chi connectivity index (χ1n) is 5.62. The van der Waals surface area contributed by atoms with Gasteiger partial charge in [-0.3, -0.25) is 0 Å². The molecular formula is C12H8ClF2N5. The van der Waals surface area contributed by atoms with Crippen LogP contribution in [0.2, 0.25) is 5.28 Å². The summed E-state index contributed by atoms with van der Waals surface area (Å²) in [6, 6.07) is 3.60. The van der Waals surface area contributed by atoms with E-state index in [0.717, 1.165) is 12.1 Å². The van der Waals surface area contributed by atoms with E-state index in [2.05, 4.69) is 20.4 Å². The largest absolute Gasteiger partial charge is 0.333 e. The molecule has 0 spiro atoms. The lowest BCUT2D eigenvalue weighted by Crippen LogP contribution is -1.99. The van der Waals surface area contributed by atoms with Gasteiger partial charge in [0.2, 0.25) is 5.28 Å². The number of halogens is 3. The molecule has 102 valence electrons. The third-order valence-electron chi connectivity index (χ3n) is 2.76. The summed E-state index contributed by atoms with van der Waals surface area (Å²) in [6.45, 7) is 0. The zero-order valence-electron chi connectivity index (χ0n) is 10.2. The molecular weight excluding hydrogens is 288 g/mol. The van der Waals surface area contributed by atoms with Crippen LogP contribution >= 0.6 is 11.6 Å². The second-order valence-corrected chi connectivity index (χ2v) is 4.41. The standard InChI is InChI=1S/C12H8ClF2N5/c1-20-11-6(5-16-12(13)18-11)10(19-20)17-9-7(14)3-2-4-8(9)15/h2-5H,1H3,(H,17,19). The van der Waals surface area contributed by atoms with Crippen molar-refractivity contribution in [2.75, 3.05) is 5.32 Å². The molecule has 1 N–H and O–H groups in total. The molecule has 5 nitrogen and oxygen atoms in total. The summed E-state index contributed by atoms with van der Waals surface area (Å²) in [7, 11) is 1.65. The topological polar surface area (TPSA) is 55.6 Å². The summed E-state index contributed by atoms with van der Waals surface area (Å²) in [5, 5.41) is 7.32. The van der Waals surface area contributed by atoms with Crippen molar-refractivity contribution >= 4 is 34.1 Å². The zero-order chi connectivity index (χ0) is 14.3. The minimum atomic E-state index is -0.710. The molecule has 0 fully saturated rings. The van der Waals surface area contributed by atoms with Crippen LogP contribution in [0, 0.1) is 11.6 Å². The Hall–Kier alpha value is -2.28. The minimum absolute atomic E-state index is 0.0733. The first-order valence-corrected chi connectivity index (χ1v) is 6.00. The maximum absolute atomic E-state index is 13.6. The van der Waals surface area contributed by atoms with E-state index in [4.69, 9.17) is 11.6 Å². The lowest BCUT2D eigenvalue weighted by Gasteiger charge is -2.05. The Morgan fingerprint density at radius 1 is 1.25 bits per heavy atom. The molecule has 0 amide bonds. The number of aryl methyl sites for hydroxylation is 1. The van der Waals surface area contributed by atoms with Gasteiger partial charge in [-0.05, 0) is 23.7 Å². The highest BCUT2D eigenvalue weighted by molar-refractivity contribution is 6.28. The highest BCUT2D eigenvalue weighted by Crippen LogP contribution is 2.27. The average molecular weight is 296 g/mol. The van der Waals surface area contributed by atoms with E-state index in [9.17, 15) is 8.78 Å². The fourth-order valence-electron chi connectivity index (χ4n) is 1.84. The van der Waals surface area contributed by atoms with Gasteiger partial charge in [0.1, 0.15) is 17.3 Å². The van der Waals surface area contributed by atoms with Crippen LogP contribution in [0.15, 0.2) is 24.4 Å². The van der Waals surface area contributed by atoms with E-state index in [1.165, 1.54) is 16.9 Å². The Morgan fingerprint density at radius 3 is 2.65 bits per heavy atom. The number of rotatable bonds is 2. The molecule has 0 aliphatic carbocycles. The van der Waals surface area contributed by atoms with Crippen LogP contribution in [0.3, 0.4) is 0 Å². The Bertz CT molecular complexity index is 782. The smallest absolute Gasteiger partial charge is 0.224 e. The quantitative estimate of drug-likeness (QED) is 0.738. The predicted molar refractivity (Wildman–Crippen MR) is 71.0 cm³/mol. The third-order valence-corrected chi connectivity index (χ3v) is 2.94. The van der Waals surface area contributed by atoms with Crippen molar-refractivity contribution in [3.05, 3.63) is 41.3 Å². The summed E-state index contributed by atoms with van der Waals surface area (Å²) in [5.41, 5.74) is 0.187. The number of benzene rings is 1. The van der Waals surface area contributed by atoms with Gasteiger partial charge >= 0.3 is 0 Å². The number of anilines is 2. The molecule has 2 aromatic heterocycles. The summed E-state index contributed by atoms with van der Waals surface area (Å²) in [4.78, 5) is 7.85. The van der Waals surface area contributed by atoms with Crippen LogP contribution < -0.4 is 5.32 Å². The van der Waals surface area contributed by atoms with E-state index in [1.807, 2.05) is 0 Å². The third kappa shape index (κ3) is 2.05. The fraction of sp³-hybridized carbons (Fsp3) is 0.0833. The highest BCUT2D eigenvalue weighted by Gasteiger charge is 2.15. The van der Waals surface area contributed by atoms with E-state index < -0.39 is 11.6 Å². The zero-order valence-corrected chi connectivity index (χ0v) is 11.0. The molecule has 0 bridgehead atoms. The van der Waals surface area contributed by atoms with Crippen LogP contribution in [0.25, 0.3) is 11.0 Å². The van der Waals surface area contributed by atoms with Gasteiger partial charge in [-0.2, -0.15) is 10.1 Å². The molecule has 3 aromatic rings. The number of nitrogens with zero attached hydrogens (tertiary/aromatic N) is 4. The lowest BCUT2D eigenvalue weighted by atomic mass is 10.3. The van der Waals surface area contributed by atoms with E-state index in [-0.39, 0.29) is 16.8 Å². The molecule has 20 heavy (non-hydrogen) atoms. The van der Waals surface area contributed by atoms with Gasteiger partial charge in [-0.25, -0.2) is 18.4 Å². The Kier molecular flexibility index (Phi) is 2.98. The molecule has 2 heterocycles. The van der Waals surface area contributed by atoms with Crippen molar-refractivity contribution in [1.29, 1.82) is 0 Å². The van der Waals surface area contributed by atoms with Crippen molar-refractivity contribution in [3.8, 4) is 0 Å². The Labute approximate surface area is 117 Å². The Balaban J connectivity index is 2.12. The lowest BCUT2D eigenvalue weighted by molar-refractivity contribution is 0.590. The summed E-state index contributed by atoms with van der Waals surface area (Å²) >= 11 is 5.71. The van der Waals surface area contributed by atoms with Gasteiger partial charge in [-0.15, -0.1) is 0 Å². The summed E-state index contributed by atoms with van der Waals surface area (Å²) in [5.74, 6) is -1.17. The first kappa shape index (κ1) is 12.7.